The Morgan fingerprint density at radius 1 is 0.766 bits per heavy atom. The zero-order valence-electron chi connectivity index (χ0n) is 37.3. The maximum absolute atomic E-state index is 13.8. The number of hydrogen-bond acceptors (Lipinski definition) is 6. The van der Waals surface area contributed by atoms with Crippen LogP contribution in [0.2, 0.25) is 25.7 Å². The minimum atomic E-state index is -1.09. The van der Waals surface area contributed by atoms with Crippen molar-refractivity contribution < 1.29 is 14.3 Å². The molecule has 12 nitrogen and oxygen atoms in total. The van der Waals surface area contributed by atoms with Gasteiger partial charge in [-0.15, -0.1) is 0 Å². The second kappa shape index (κ2) is 14.9. The average molecular weight is 872 g/mol. The van der Waals surface area contributed by atoms with Crippen LogP contribution in [0.15, 0.2) is 61.2 Å². The van der Waals surface area contributed by atoms with E-state index in [0.29, 0.717) is 6.73 Å². The maximum atomic E-state index is 13.8. The summed E-state index contributed by atoms with van der Waals surface area (Å²) < 4.78 is 7.92. The van der Waals surface area contributed by atoms with Crippen LogP contribution >= 0.6 is 0 Å². The highest BCUT2D eigenvalue weighted by Crippen LogP contribution is 2.55. The summed E-state index contributed by atoms with van der Waals surface area (Å²) in [6.07, 6.45) is 22.2. The number of carbonyl (C=O) groups excluding carboxylic acids is 2. The lowest BCUT2D eigenvalue weighted by Gasteiger charge is -2.23. The molecule has 0 unspecified atom stereocenters. The van der Waals surface area contributed by atoms with Gasteiger partial charge in [0.1, 0.15) is 12.4 Å². The number of fused-ring (bicyclic) bond motifs is 14. The summed E-state index contributed by atoms with van der Waals surface area (Å²) in [5.74, 6) is 0.409. The van der Waals surface area contributed by atoms with Crippen molar-refractivity contribution in [2.45, 2.75) is 133 Å². The van der Waals surface area contributed by atoms with Crippen molar-refractivity contribution >= 4 is 58.8 Å². The zero-order valence-corrected chi connectivity index (χ0v) is 38.3. The molecule has 4 N–H and O–H groups in total. The van der Waals surface area contributed by atoms with Crippen LogP contribution < -0.4 is 10.2 Å². The molecule has 2 fully saturated rings. The third kappa shape index (κ3) is 6.20. The number of carbonyl (C=O) groups is 2. The van der Waals surface area contributed by atoms with Crippen molar-refractivity contribution in [3.8, 4) is 22.8 Å². The predicted octanol–water partition coefficient (Wildman–Crippen LogP) is 10.5. The molecule has 2 aliphatic heterocycles. The van der Waals surface area contributed by atoms with Crippen molar-refractivity contribution in [2.75, 3.05) is 16.8 Å². The third-order valence-corrected chi connectivity index (χ3v) is 17.2. The Bertz CT molecular complexity index is 2990. The molecule has 4 aliphatic carbocycles. The summed E-state index contributed by atoms with van der Waals surface area (Å²) in [6, 6.07) is 14.0. The third-order valence-electron chi connectivity index (χ3n) is 15.5. The molecule has 328 valence electrons. The molecule has 13 rings (SSSR count). The number of benzene rings is 2. The van der Waals surface area contributed by atoms with Gasteiger partial charge in [-0.05, 0) is 140 Å². The molecule has 0 radical (unpaired) electrons. The molecule has 0 bridgehead atoms. The number of amides is 2. The molecule has 2 aromatic carbocycles. The first-order chi connectivity index (χ1) is 31.1. The van der Waals surface area contributed by atoms with Gasteiger partial charge >= 0.3 is 0 Å². The minimum absolute atomic E-state index is 0.198. The van der Waals surface area contributed by atoms with Gasteiger partial charge in [0.25, 0.3) is 0 Å². The lowest BCUT2D eigenvalue weighted by molar-refractivity contribution is -0.122. The van der Waals surface area contributed by atoms with Gasteiger partial charge in [0.2, 0.25) is 11.8 Å². The van der Waals surface area contributed by atoms with Gasteiger partial charge in [-0.2, -0.15) is 10.2 Å². The Morgan fingerprint density at radius 2 is 1.47 bits per heavy atom. The summed E-state index contributed by atoms with van der Waals surface area (Å²) in [5, 5.41) is 18.1. The minimum Gasteiger partial charge on any atom is -0.360 e. The van der Waals surface area contributed by atoms with Crippen LogP contribution in [-0.2, 0) is 57.6 Å². The number of hydrogen-bond donors (Lipinski definition) is 4. The van der Waals surface area contributed by atoms with Crippen LogP contribution in [0.1, 0.15) is 97.6 Å². The molecule has 13 heteroatoms. The van der Waals surface area contributed by atoms with Crippen LogP contribution in [-0.4, -0.2) is 61.4 Å². The van der Waals surface area contributed by atoms with Crippen molar-refractivity contribution in [3.63, 3.8) is 0 Å². The molecule has 6 aliphatic rings. The Morgan fingerprint density at radius 3 is 2.22 bits per heavy atom. The highest BCUT2D eigenvalue weighted by atomic mass is 28.3. The summed E-state index contributed by atoms with van der Waals surface area (Å²) >= 11 is 0. The lowest BCUT2D eigenvalue weighted by atomic mass is 9.80. The van der Waals surface area contributed by atoms with E-state index in [1.807, 2.05) is 27.9 Å². The molecule has 0 saturated heterocycles. The monoisotopic (exact) mass is 871 g/mol. The van der Waals surface area contributed by atoms with Crippen LogP contribution in [0.5, 0.6) is 0 Å². The van der Waals surface area contributed by atoms with Gasteiger partial charge in [0, 0.05) is 54.6 Å². The second-order valence-electron chi connectivity index (χ2n) is 20.6. The number of H-pyrrole nitrogens is 3. The van der Waals surface area contributed by atoms with E-state index in [2.05, 4.69) is 80.6 Å². The highest BCUT2D eigenvalue weighted by Gasteiger charge is 2.53. The summed E-state index contributed by atoms with van der Waals surface area (Å²) in [5.41, 5.74) is 16.5. The fourth-order valence-corrected chi connectivity index (χ4v) is 12.9. The number of rotatable bonds is 6. The van der Waals surface area contributed by atoms with E-state index >= 15 is 0 Å². The van der Waals surface area contributed by atoms with E-state index in [-0.39, 0.29) is 17.2 Å². The molecule has 2 saturated carbocycles. The van der Waals surface area contributed by atoms with Crippen LogP contribution in [0, 0.1) is 0 Å². The van der Waals surface area contributed by atoms with Gasteiger partial charge < -0.3 is 20.0 Å². The number of anilines is 3. The smallest absolute Gasteiger partial charge is 0.242 e. The molecular weight excluding hydrogens is 815 g/mol. The number of nitrogens with one attached hydrogen (secondary N) is 4. The SMILES string of the molecule is C[Si](C)(C)CCOCn1cc2c(n1)-c1[nH]c3cc4c(cc3c1CCC2)NC(=O)C41CCCC1.O=C1N(c2cccnc2)c2cc3c4c([nH]c3cc2C12CCCC2)-c1[nH]ncc1CCC4. The van der Waals surface area contributed by atoms with E-state index in [1.165, 1.54) is 50.2 Å². The Balaban J connectivity index is 0.000000135. The molecule has 7 aromatic rings. The van der Waals surface area contributed by atoms with Crippen molar-refractivity contribution in [1.82, 2.24) is 34.9 Å². The molecule has 64 heavy (non-hydrogen) atoms. The average Bonchev–Trinajstić information content (AvgIpc) is 4.17. The zero-order chi connectivity index (χ0) is 43.4. The van der Waals surface area contributed by atoms with Gasteiger partial charge in [-0.3, -0.25) is 24.6 Å². The van der Waals surface area contributed by atoms with Crippen LogP contribution in [0.3, 0.4) is 0 Å². The fourth-order valence-electron chi connectivity index (χ4n) is 12.2. The molecule has 2 spiro atoms. The second-order valence-corrected chi connectivity index (χ2v) is 26.2. The Labute approximate surface area is 374 Å². The molecule has 2 amide bonds. The summed E-state index contributed by atoms with van der Waals surface area (Å²) in [4.78, 5) is 40.3. The van der Waals surface area contributed by atoms with Crippen molar-refractivity contribution in [2.24, 2.45) is 0 Å². The van der Waals surface area contributed by atoms with E-state index in [4.69, 9.17) is 9.84 Å². The largest absolute Gasteiger partial charge is 0.360 e. The number of aromatic amines is 3. The topological polar surface area (TPSA) is 150 Å². The summed E-state index contributed by atoms with van der Waals surface area (Å²) in [6.45, 7) is 8.44. The lowest BCUT2D eigenvalue weighted by Crippen LogP contribution is -2.36. The van der Waals surface area contributed by atoms with Crippen molar-refractivity contribution in [3.05, 3.63) is 94.6 Å². The van der Waals surface area contributed by atoms with E-state index in [0.717, 1.165) is 147 Å². The fraction of sp³-hybridized carbons (Fsp3) is 0.431. The number of aryl methyl sites for hydroxylation is 4. The predicted molar refractivity (Wildman–Crippen MR) is 254 cm³/mol. The maximum Gasteiger partial charge on any atom is 0.242 e. The molecular formula is C51H57N9O3Si. The first-order valence-electron chi connectivity index (χ1n) is 23.7. The molecule has 0 atom stereocenters. The quantitative estimate of drug-likeness (QED) is 0.0965. The van der Waals surface area contributed by atoms with Crippen LogP contribution in [0.4, 0.5) is 17.1 Å². The number of nitrogens with zero attached hydrogens (tertiary/aromatic N) is 5. The number of aromatic nitrogens is 7. The van der Waals surface area contributed by atoms with E-state index in [1.54, 1.807) is 12.4 Å². The Hall–Kier alpha value is -5.79. The normalized spacial score (nSPS) is 19.0. The first kappa shape index (κ1) is 39.8. The highest BCUT2D eigenvalue weighted by molar-refractivity contribution is 6.76. The summed E-state index contributed by atoms with van der Waals surface area (Å²) in [7, 11) is -1.09. The number of pyridine rings is 1. The van der Waals surface area contributed by atoms with Crippen molar-refractivity contribution in [1.29, 1.82) is 0 Å². The van der Waals surface area contributed by atoms with Crippen LogP contribution in [0.25, 0.3) is 44.6 Å². The number of ether oxygens (including phenoxy) is 1. The van der Waals surface area contributed by atoms with Gasteiger partial charge in [0.15, 0.2) is 0 Å². The van der Waals surface area contributed by atoms with Gasteiger partial charge in [0.05, 0.1) is 51.7 Å². The van der Waals surface area contributed by atoms with E-state index < -0.39 is 13.5 Å². The standard InChI is InChI=1S/C26H34N4O2Si.C25H23N5O/c1-33(2,3)12-11-32-16-30-15-17-7-6-8-18-19-13-22-20(14-21(19)27-24(18)23(17)29-30)26(25(31)28-22)9-4-5-10-26;31-24-25(8-1-2-9-25)19-12-20-18(11-21(19)30(24)16-6-4-10-26-14-16)17-7-3-5-15-13-27-29-22(15)23(17)28-20/h13-15,27H,4-12,16H2,1-3H3,(H,28,31);4,6,10-14,28H,1-3,5,7-9H2,(H,27,29). The van der Waals surface area contributed by atoms with Gasteiger partial charge in [-0.25, -0.2) is 4.68 Å². The Kier molecular flexibility index (Phi) is 9.25. The van der Waals surface area contributed by atoms with E-state index in [9.17, 15) is 9.59 Å². The first-order valence-corrected chi connectivity index (χ1v) is 27.4. The van der Waals surface area contributed by atoms with Gasteiger partial charge in [-0.1, -0.05) is 45.3 Å². The molecule has 5 aromatic heterocycles. The molecule has 7 heterocycles.